The first-order valence-electron chi connectivity index (χ1n) is 5.80. The average molecular weight is 230 g/mol. The second-order valence-corrected chi connectivity index (χ2v) is 7.29. The summed E-state index contributed by atoms with van der Waals surface area (Å²) in [4.78, 5) is 0. The van der Waals surface area contributed by atoms with Crippen LogP contribution < -0.4 is 0 Å². The summed E-state index contributed by atoms with van der Waals surface area (Å²) in [5, 5.41) is 0.0224. The van der Waals surface area contributed by atoms with Crippen molar-refractivity contribution >= 4 is 9.28 Å². The molecule has 0 aliphatic heterocycles. The van der Waals surface area contributed by atoms with Crippen molar-refractivity contribution in [3.8, 4) is 0 Å². The molecule has 0 amide bonds. The van der Waals surface area contributed by atoms with Gasteiger partial charge in [0, 0.05) is 17.2 Å². The molecule has 0 saturated carbocycles. The van der Waals surface area contributed by atoms with E-state index in [1.807, 2.05) is 6.08 Å². The van der Waals surface area contributed by atoms with Gasteiger partial charge in [-0.15, -0.1) is 6.58 Å². The second kappa shape index (κ2) is 6.46. The normalized spacial score (nSPS) is 16.1. The quantitative estimate of drug-likeness (QED) is 0.493. The maximum absolute atomic E-state index is 5.95. The molecule has 0 rings (SSSR count). The van der Waals surface area contributed by atoms with Crippen molar-refractivity contribution in [1.29, 1.82) is 0 Å². The van der Waals surface area contributed by atoms with Gasteiger partial charge >= 0.3 is 9.28 Å². The molecule has 3 heteroatoms. The largest absolute Gasteiger partial charge is 0.394 e. The van der Waals surface area contributed by atoms with E-state index in [4.69, 9.17) is 8.85 Å². The first kappa shape index (κ1) is 14.9. The van der Waals surface area contributed by atoms with Crippen LogP contribution in [0.5, 0.6) is 0 Å². The van der Waals surface area contributed by atoms with Crippen molar-refractivity contribution in [2.24, 2.45) is 0 Å². The van der Waals surface area contributed by atoms with Crippen LogP contribution in [0.25, 0.3) is 0 Å². The third-order valence-corrected chi connectivity index (χ3v) is 5.86. The van der Waals surface area contributed by atoms with Crippen LogP contribution in [0.15, 0.2) is 12.7 Å². The Hall–Kier alpha value is -0.123. The summed E-state index contributed by atoms with van der Waals surface area (Å²) in [6.45, 7) is 16.5. The molecular weight excluding hydrogens is 204 g/mol. The molecule has 15 heavy (non-hydrogen) atoms. The molecule has 0 heterocycles. The molecule has 0 N–H and O–H groups in total. The van der Waals surface area contributed by atoms with Gasteiger partial charge in [0.05, 0.1) is 0 Å². The van der Waals surface area contributed by atoms with Crippen molar-refractivity contribution in [3.63, 3.8) is 0 Å². The van der Waals surface area contributed by atoms with Gasteiger partial charge in [0.1, 0.15) is 0 Å². The highest BCUT2D eigenvalue weighted by Gasteiger charge is 2.36. The topological polar surface area (TPSA) is 18.5 Å². The Bertz CT molecular complexity index is 182. The fraction of sp³-hybridized carbons (Fsp3) is 0.833. The Kier molecular flexibility index (Phi) is 6.40. The number of hydrogen-bond acceptors (Lipinski definition) is 2. The monoisotopic (exact) mass is 230 g/mol. The standard InChI is InChI=1S/C12H26O2Si/c1-8-12(7,9-2)15(13-10(3)4)14-11(5)6/h8,10-11,15H,1,9H2,2-7H3. The van der Waals surface area contributed by atoms with Gasteiger partial charge in [0.15, 0.2) is 0 Å². The van der Waals surface area contributed by atoms with Gasteiger partial charge in [0.25, 0.3) is 0 Å². The van der Waals surface area contributed by atoms with Gasteiger partial charge in [-0.05, 0) is 34.1 Å². The summed E-state index contributed by atoms with van der Waals surface area (Å²) in [5.74, 6) is 0. The lowest BCUT2D eigenvalue weighted by atomic mass is 10.1. The van der Waals surface area contributed by atoms with Crippen LogP contribution in [0, 0.1) is 0 Å². The molecule has 0 aromatic heterocycles. The van der Waals surface area contributed by atoms with E-state index >= 15 is 0 Å². The van der Waals surface area contributed by atoms with Crippen molar-refractivity contribution in [3.05, 3.63) is 12.7 Å². The summed E-state index contributed by atoms with van der Waals surface area (Å²) in [6.07, 6.45) is 3.47. The van der Waals surface area contributed by atoms with Crippen LogP contribution in [-0.4, -0.2) is 21.5 Å². The molecule has 2 nitrogen and oxygen atoms in total. The van der Waals surface area contributed by atoms with E-state index in [1.165, 1.54) is 0 Å². The van der Waals surface area contributed by atoms with Crippen molar-refractivity contribution in [1.82, 2.24) is 0 Å². The zero-order valence-electron chi connectivity index (χ0n) is 11.0. The molecule has 0 aromatic rings. The zero-order chi connectivity index (χ0) is 12.1. The van der Waals surface area contributed by atoms with Gasteiger partial charge in [0.2, 0.25) is 0 Å². The third-order valence-electron chi connectivity index (χ3n) is 2.56. The van der Waals surface area contributed by atoms with Crippen molar-refractivity contribution in [2.75, 3.05) is 0 Å². The molecule has 0 radical (unpaired) electrons. The summed E-state index contributed by atoms with van der Waals surface area (Å²) < 4.78 is 11.9. The summed E-state index contributed by atoms with van der Waals surface area (Å²) in [5.41, 5.74) is 0. The zero-order valence-corrected chi connectivity index (χ0v) is 12.2. The summed E-state index contributed by atoms with van der Waals surface area (Å²) >= 11 is 0. The highest BCUT2D eigenvalue weighted by atomic mass is 28.3. The molecule has 0 saturated heterocycles. The smallest absolute Gasteiger partial charge is 0.331 e. The Morgan fingerprint density at radius 3 is 1.80 bits per heavy atom. The maximum Gasteiger partial charge on any atom is 0.331 e. The maximum atomic E-state index is 5.95. The minimum absolute atomic E-state index is 0.0224. The predicted molar refractivity (Wildman–Crippen MR) is 68.4 cm³/mol. The highest BCUT2D eigenvalue weighted by Crippen LogP contribution is 2.36. The van der Waals surface area contributed by atoms with Crippen LogP contribution in [0.1, 0.15) is 48.0 Å². The summed E-state index contributed by atoms with van der Waals surface area (Å²) in [7, 11) is -1.70. The SMILES string of the molecule is C=CC(C)(CC)[SiH](OC(C)C)OC(C)C. The summed E-state index contributed by atoms with van der Waals surface area (Å²) in [6, 6.07) is 0. The fourth-order valence-electron chi connectivity index (χ4n) is 1.24. The molecule has 0 spiro atoms. The van der Waals surface area contributed by atoms with Crippen LogP contribution in [0.4, 0.5) is 0 Å². The van der Waals surface area contributed by atoms with Gasteiger partial charge in [-0.3, -0.25) is 0 Å². The Labute approximate surface area is 96.5 Å². The number of allylic oxidation sites excluding steroid dienone is 1. The van der Waals surface area contributed by atoms with Crippen LogP contribution in [0.2, 0.25) is 5.04 Å². The van der Waals surface area contributed by atoms with Crippen molar-refractivity contribution in [2.45, 2.75) is 65.2 Å². The number of hydrogen-bond donors (Lipinski definition) is 0. The highest BCUT2D eigenvalue weighted by molar-refractivity contribution is 6.49. The van der Waals surface area contributed by atoms with E-state index in [0.717, 1.165) is 6.42 Å². The molecular formula is C12H26O2Si. The van der Waals surface area contributed by atoms with Gasteiger partial charge in [-0.2, -0.15) is 0 Å². The Morgan fingerprint density at radius 1 is 1.20 bits per heavy atom. The fourth-order valence-corrected chi connectivity index (χ4v) is 3.45. The second-order valence-electron chi connectivity index (χ2n) is 4.77. The van der Waals surface area contributed by atoms with E-state index in [9.17, 15) is 0 Å². The molecule has 0 fully saturated rings. The third kappa shape index (κ3) is 4.95. The predicted octanol–water partition coefficient (Wildman–Crippen LogP) is 3.41. The molecule has 0 bridgehead atoms. The van der Waals surface area contributed by atoms with Crippen LogP contribution in [0.3, 0.4) is 0 Å². The van der Waals surface area contributed by atoms with Crippen LogP contribution in [-0.2, 0) is 8.85 Å². The number of rotatable bonds is 7. The Balaban J connectivity index is 4.65. The van der Waals surface area contributed by atoms with Crippen LogP contribution >= 0.6 is 0 Å². The molecule has 0 aliphatic rings. The van der Waals surface area contributed by atoms with Crippen molar-refractivity contribution < 1.29 is 8.85 Å². The van der Waals surface area contributed by atoms with Gasteiger partial charge < -0.3 is 8.85 Å². The molecule has 0 aromatic carbocycles. The van der Waals surface area contributed by atoms with E-state index in [2.05, 4.69) is 48.1 Å². The lowest BCUT2D eigenvalue weighted by Crippen LogP contribution is -2.39. The average Bonchev–Trinajstić information content (AvgIpc) is 2.14. The van der Waals surface area contributed by atoms with E-state index in [0.29, 0.717) is 0 Å². The molecule has 1 unspecified atom stereocenters. The molecule has 1 atom stereocenters. The first-order chi connectivity index (χ1) is 6.85. The Morgan fingerprint density at radius 2 is 1.60 bits per heavy atom. The molecule has 90 valence electrons. The minimum Gasteiger partial charge on any atom is -0.394 e. The minimum atomic E-state index is -1.70. The first-order valence-corrected chi connectivity index (χ1v) is 7.32. The van der Waals surface area contributed by atoms with E-state index in [-0.39, 0.29) is 17.2 Å². The van der Waals surface area contributed by atoms with Gasteiger partial charge in [-0.25, -0.2) is 0 Å². The van der Waals surface area contributed by atoms with E-state index in [1.54, 1.807) is 0 Å². The molecule has 0 aliphatic carbocycles. The van der Waals surface area contributed by atoms with E-state index < -0.39 is 9.28 Å². The lowest BCUT2D eigenvalue weighted by molar-refractivity contribution is 0.116. The van der Waals surface area contributed by atoms with Gasteiger partial charge in [-0.1, -0.05) is 19.9 Å². The lowest BCUT2D eigenvalue weighted by Gasteiger charge is -2.34.